The van der Waals surface area contributed by atoms with Crippen molar-refractivity contribution in [3.8, 4) is 0 Å². The molecular weight excluding hydrogens is 254 g/mol. The molecule has 0 aromatic heterocycles. The minimum Gasteiger partial charge on any atom is -0.377 e. The van der Waals surface area contributed by atoms with E-state index in [0.29, 0.717) is 11.4 Å². The van der Waals surface area contributed by atoms with Crippen molar-refractivity contribution >= 4 is 11.8 Å². The van der Waals surface area contributed by atoms with Crippen molar-refractivity contribution in [1.82, 2.24) is 5.32 Å². The van der Waals surface area contributed by atoms with Crippen molar-refractivity contribution in [3.05, 3.63) is 29.3 Å². The molecule has 0 saturated carbocycles. The van der Waals surface area contributed by atoms with Gasteiger partial charge in [-0.1, -0.05) is 24.6 Å². The first-order chi connectivity index (χ1) is 9.20. The number of rotatable bonds is 6. The molecule has 2 atom stereocenters. The summed E-state index contributed by atoms with van der Waals surface area (Å²) in [5.41, 5.74) is 2.77. The summed E-state index contributed by atoms with van der Waals surface area (Å²) < 4.78 is 5.66. The summed E-state index contributed by atoms with van der Waals surface area (Å²) in [5, 5.41) is 4.11. The molecule has 1 saturated heterocycles. The Morgan fingerprint density at radius 1 is 1.42 bits per heavy atom. The third-order valence-corrected chi connectivity index (χ3v) is 5.12. The molecule has 106 valence electrons. The van der Waals surface area contributed by atoms with Gasteiger partial charge in [0.1, 0.15) is 0 Å². The molecule has 3 heteroatoms. The van der Waals surface area contributed by atoms with E-state index in [0.717, 1.165) is 19.7 Å². The summed E-state index contributed by atoms with van der Waals surface area (Å²) in [5.74, 6) is 0. The lowest BCUT2D eigenvalue weighted by Crippen LogP contribution is -2.16. The summed E-state index contributed by atoms with van der Waals surface area (Å²) in [4.78, 5) is 1.41. The molecule has 0 spiro atoms. The standard InChI is InChI=1S/C16H25NOS/c1-4-8-17-11-14-10-12(2)5-6-16(14)19-15-7-9-18-13(15)3/h5-6,10,13,15,17H,4,7-9,11H2,1-3H3. The molecule has 1 aliphatic rings. The quantitative estimate of drug-likeness (QED) is 0.801. The molecule has 0 amide bonds. The van der Waals surface area contributed by atoms with Gasteiger partial charge in [0.25, 0.3) is 0 Å². The van der Waals surface area contributed by atoms with Gasteiger partial charge in [0.2, 0.25) is 0 Å². The molecule has 2 nitrogen and oxygen atoms in total. The van der Waals surface area contributed by atoms with Crippen molar-refractivity contribution < 1.29 is 4.74 Å². The first-order valence-electron chi connectivity index (χ1n) is 7.29. The maximum absolute atomic E-state index is 5.66. The Labute approximate surface area is 121 Å². The second-order valence-electron chi connectivity index (χ2n) is 5.31. The Kier molecular flexibility index (Phi) is 5.74. The van der Waals surface area contributed by atoms with Crippen LogP contribution in [0.3, 0.4) is 0 Å². The maximum Gasteiger partial charge on any atom is 0.0669 e. The highest BCUT2D eigenvalue weighted by molar-refractivity contribution is 8.00. The summed E-state index contributed by atoms with van der Waals surface area (Å²) in [6, 6.07) is 6.80. The molecule has 2 unspecified atom stereocenters. The topological polar surface area (TPSA) is 21.3 Å². The summed E-state index contributed by atoms with van der Waals surface area (Å²) in [6.07, 6.45) is 2.73. The van der Waals surface area contributed by atoms with Crippen molar-refractivity contribution in [3.63, 3.8) is 0 Å². The van der Waals surface area contributed by atoms with E-state index < -0.39 is 0 Å². The molecule has 0 radical (unpaired) electrons. The predicted octanol–water partition coefficient (Wildman–Crippen LogP) is 3.76. The van der Waals surface area contributed by atoms with Crippen molar-refractivity contribution in [2.45, 2.75) is 56.4 Å². The highest BCUT2D eigenvalue weighted by Gasteiger charge is 2.25. The molecule has 2 rings (SSSR count). The van der Waals surface area contributed by atoms with Crippen LogP contribution in [0.1, 0.15) is 37.8 Å². The van der Waals surface area contributed by atoms with E-state index in [1.54, 1.807) is 0 Å². The van der Waals surface area contributed by atoms with Crippen LogP contribution in [-0.4, -0.2) is 24.5 Å². The highest BCUT2D eigenvalue weighted by atomic mass is 32.2. The van der Waals surface area contributed by atoms with Crippen molar-refractivity contribution in [2.75, 3.05) is 13.2 Å². The Hall–Kier alpha value is -0.510. The number of thioether (sulfide) groups is 1. The summed E-state index contributed by atoms with van der Waals surface area (Å²) in [6.45, 7) is 9.53. The van der Waals surface area contributed by atoms with Gasteiger partial charge in [-0.05, 0) is 44.9 Å². The van der Waals surface area contributed by atoms with Gasteiger partial charge in [0.15, 0.2) is 0 Å². The van der Waals surface area contributed by atoms with Crippen LogP contribution in [0.15, 0.2) is 23.1 Å². The van der Waals surface area contributed by atoms with Crippen LogP contribution in [0.2, 0.25) is 0 Å². The van der Waals surface area contributed by atoms with E-state index in [2.05, 4.69) is 44.3 Å². The van der Waals surface area contributed by atoms with E-state index in [1.807, 2.05) is 11.8 Å². The Morgan fingerprint density at radius 3 is 2.95 bits per heavy atom. The van der Waals surface area contributed by atoms with Crippen LogP contribution in [0.5, 0.6) is 0 Å². The van der Waals surface area contributed by atoms with Gasteiger partial charge >= 0.3 is 0 Å². The third-order valence-electron chi connectivity index (χ3n) is 3.54. The van der Waals surface area contributed by atoms with Gasteiger partial charge in [-0.2, -0.15) is 0 Å². The minimum absolute atomic E-state index is 0.378. The Balaban J connectivity index is 2.05. The fourth-order valence-corrected chi connectivity index (χ4v) is 3.63. The van der Waals surface area contributed by atoms with E-state index >= 15 is 0 Å². The second kappa shape index (κ2) is 7.32. The zero-order chi connectivity index (χ0) is 13.7. The monoisotopic (exact) mass is 279 g/mol. The fraction of sp³-hybridized carbons (Fsp3) is 0.625. The Bertz CT molecular complexity index is 408. The van der Waals surface area contributed by atoms with E-state index in [9.17, 15) is 0 Å². The maximum atomic E-state index is 5.66. The lowest BCUT2D eigenvalue weighted by molar-refractivity contribution is 0.127. The van der Waals surface area contributed by atoms with Gasteiger partial charge in [-0.15, -0.1) is 11.8 Å². The highest BCUT2D eigenvalue weighted by Crippen LogP contribution is 2.34. The van der Waals surface area contributed by atoms with Gasteiger partial charge in [-0.3, -0.25) is 0 Å². The number of hydrogen-bond acceptors (Lipinski definition) is 3. The molecule has 1 aromatic rings. The number of benzene rings is 1. The number of aryl methyl sites for hydroxylation is 1. The van der Waals surface area contributed by atoms with Crippen molar-refractivity contribution in [1.29, 1.82) is 0 Å². The number of nitrogens with one attached hydrogen (secondary N) is 1. The normalized spacial score (nSPS) is 22.9. The summed E-state index contributed by atoms with van der Waals surface area (Å²) >= 11 is 1.99. The molecule has 1 aromatic carbocycles. The summed E-state index contributed by atoms with van der Waals surface area (Å²) in [7, 11) is 0. The van der Waals surface area contributed by atoms with Crippen LogP contribution < -0.4 is 5.32 Å². The lowest BCUT2D eigenvalue weighted by Gasteiger charge is -2.17. The molecule has 1 N–H and O–H groups in total. The van der Waals surface area contributed by atoms with Gasteiger partial charge < -0.3 is 10.1 Å². The molecule has 19 heavy (non-hydrogen) atoms. The zero-order valence-electron chi connectivity index (χ0n) is 12.2. The molecule has 0 aliphatic carbocycles. The van der Waals surface area contributed by atoms with Crippen molar-refractivity contribution in [2.24, 2.45) is 0 Å². The molecule has 1 heterocycles. The van der Waals surface area contributed by atoms with Crippen LogP contribution >= 0.6 is 11.8 Å². The van der Waals surface area contributed by atoms with Crippen LogP contribution in [0.4, 0.5) is 0 Å². The first-order valence-corrected chi connectivity index (χ1v) is 8.17. The smallest absolute Gasteiger partial charge is 0.0669 e. The zero-order valence-corrected chi connectivity index (χ0v) is 13.1. The average molecular weight is 279 g/mol. The largest absolute Gasteiger partial charge is 0.377 e. The molecule has 1 aliphatic heterocycles. The van der Waals surface area contributed by atoms with Crippen LogP contribution in [0, 0.1) is 6.92 Å². The van der Waals surface area contributed by atoms with Gasteiger partial charge in [0, 0.05) is 23.3 Å². The van der Waals surface area contributed by atoms with E-state index in [-0.39, 0.29) is 0 Å². The average Bonchev–Trinajstić information content (AvgIpc) is 2.78. The first kappa shape index (κ1) is 14.9. The van der Waals surface area contributed by atoms with E-state index in [4.69, 9.17) is 4.74 Å². The minimum atomic E-state index is 0.378. The van der Waals surface area contributed by atoms with Gasteiger partial charge in [0.05, 0.1) is 6.10 Å². The van der Waals surface area contributed by atoms with E-state index in [1.165, 1.54) is 28.9 Å². The molecule has 1 fully saturated rings. The second-order valence-corrected chi connectivity index (χ2v) is 6.59. The Morgan fingerprint density at radius 2 is 2.26 bits per heavy atom. The third kappa shape index (κ3) is 4.23. The van der Waals surface area contributed by atoms with Crippen LogP contribution in [0.25, 0.3) is 0 Å². The van der Waals surface area contributed by atoms with Crippen LogP contribution in [-0.2, 0) is 11.3 Å². The number of hydrogen-bond donors (Lipinski definition) is 1. The molecular formula is C16H25NOS. The van der Waals surface area contributed by atoms with Gasteiger partial charge in [-0.25, -0.2) is 0 Å². The number of ether oxygens (including phenoxy) is 1. The SMILES string of the molecule is CCCNCc1cc(C)ccc1SC1CCOC1C. The lowest BCUT2D eigenvalue weighted by atomic mass is 10.1. The molecule has 0 bridgehead atoms. The predicted molar refractivity (Wildman–Crippen MR) is 82.9 cm³/mol. The fourth-order valence-electron chi connectivity index (χ4n) is 2.39.